The minimum Gasteiger partial charge on any atom is -0.508 e. The number of phenols is 1. The Labute approximate surface area is 312 Å². The van der Waals surface area contributed by atoms with E-state index < -0.39 is 47.6 Å². The largest absolute Gasteiger partial charge is 0.508 e. The number of unbranched alkanes of at least 4 members (excludes halogenated alkanes) is 4. The molecular formula is C41H55N3O9. The summed E-state index contributed by atoms with van der Waals surface area (Å²) in [6, 6.07) is 14.1. The van der Waals surface area contributed by atoms with Crippen molar-refractivity contribution in [3.05, 3.63) is 71.3 Å². The van der Waals surface area contributed by atoms with Crippen LogP contribution in [0.15, 0.2) is 54.6 Å². The van der Waals surface area contributed by atoms with Gasteiger partial charge in [0.25, 0.3) is 0 Å². The zero-order valence-corrected chi connectivity index (χ0v) is 31.0. The smallest absolute Gasteiger partial charge is 0.327 e. The number of fused-ring (bicyclic) bond motifs is 4. The van der Waals surface area contributed by atoms with Gasteiger partial charge in [-0.1, -0.05) is 94.1 Å². The van der Waals surface area contributed by atoms with Crippen molar-refractivity contribution < 1.29 is 43.6 Å². The molecule has 12 heteroatoms. The molecule has 12 nitrogen and oxygen atoms in total. The number of amides is 2. The SMILES string of the molecule is CCCCCC1(CCCCC)O[C@@H]2[C@H](O1)[C@H]1ON(Cc3ccc(C=CCc4ccccc4O)cc3)[C@@H]3C(=O)O[C@@H]2C[C@]13C(=O)NCCC(=O)NCCO. The Hall–Kier alpha value is -3.81. The van der Waals surface area contributed by atoms with E-state index in [4.69, 9.17) is 24.2 Å². The van der Waals surface area contributed by atoms with E-state index in [9.17, 15) is 19.5 Å². The van der Waals surface area contributed by atoms with Crippen LogP contribution in [-0.4, -0.2) is 89.0 Å². The van der Waals surface area contributed by atoms with Crippen LogP contribution in [-0.2, 0) is 46.4 Å². The summed E-state index contributed by atoms with van der Waals surface area (Å²) in [6.45, 7) is 4.54. The average Bonchev–Trinajstić information content (AvgIpc) is 3.71. The van der Waals surface area contributed by atoms with E-state index in [2.05, 4.69) is 24.5 Å². The van der Waals surface area contributed by atoms with Crippen molar-refractivity contribution in [2.45, 2.75) is 127 Å². The third kappa shape index (κ3) is 8.47. The van der Waals surface area contributed by atoms with Crippen molar-refractivity contribution in [2.75, 3.05) is 19.7 Å². The molecule has 0 unspecified atom stereocenters. The van der Waals surface area contributed by atoms with Gasteiger partial charge in [-0.05, 0) is 42.0 Å². The Morgan fingerprint density at radius 1 is 0.943 bits per heavy atom. The number of carbonyl (C=O) groups is 3. The van der Waals surface area contributed by atoms with E-state index in [0.717, 1.165) is 55.2 Å². The Morgan fingerprint density at radius 3 is 2.36 bits per heavy atom. The van der Waals surface area contributed by atoms with Crippen LogP contribution in [0.2, 0.25) is 0 Å². The van der Waals surface area contributed by atoms with Gasteiger partial charge in [0.15, 0.2) is 11.8 Å². The number of nitrogens with one attached hydrogen (secondary N) is 2. The van der Waals surface area contributed by atoms with Crippen molar-refractivity contribution >= 4 is 23.9 Å². The number of rotatable bonds is 19. The lowest BCUT2D eigenvalue weighted by atomic mass is 9.62. The summed E-state index contributed by atoms with van der Waals surface area (Å²) < 4.78 is 19.9. The quantitative estimate of drug-likeness (QED) is 0.118. The molecule has 6 atom stereocenters. The molecule has 1 aliphatic carbocycles. The number of allylic oxidation sites excluding steroid dienone is 1. The molecule has 288 valence electrons. The molecule has 4 N–H and O–H groups in total. The second kappa shape index (κ2) is 17.6. The van der Waals surface area contributed by atoms with E-state index >= 15 is 0 Å². The molecule has 4 fully saturated rings. The summed E-state index contributed by atoms with van der Waals surface area (Å²) >= 11 is 0. The van der Waals surface area contributed by atoms with E-state index in [0.29, 0.717) is 19.3 Å². The average molecular weight is 734 g/mol. The van der Waals surface area contributed by atoms with Crippen LogP contribution in [0.5, 0.6) is 5.75 Å². The molecule has 0 aromatic heterocycles. The maximum absolute atomic E-state index is 14.5. The van der Waals surface area contributed by atoms with Gasteiger partial charge < -0.3 is 35.1 Å². The predicted octanol–water partition coefficient (Wildman–Crippen LogP) is 4.70. The normalized spacial score (nSPS) is 27.1. The molecular weight excluding hydrogens is 678 g/mol. The molecule has 53 heavy (non-hydrogen) atoms. The Bertz CT molecular complexity index is 1590. The number of ether oxygens (including phenoxy) is 3. The third-order valence-electron chi connectivity index (χ3n) is 11.0. The molecule has 2 bridgehead atoms. The number of benzene rings is 2. The fourth-order valence-electron chi connectivity index (χ4n) is 8.35. The maximum Gasteiger partial charge on any atom is 0.327 e. The number of phenolic OH excluding ortho intramolecular Hbond substituents is 1. The summed E-state index contributed by atoms with van der Waals surface area (Å²) in [4.78, 5) is 47.5. The minimum atomic E-state index is -1.33. The van der Waals surface area contributed by atoms with Crippen LogP contribution in [0.25, 0.3) is 6.08 Å². The fourth-order valence-corrected chi connectivity index (χ4v) is 8.35. The summed E-state index contributed by atoms with van der Waals surface area (Å²) in [6.07, 6.45) is 9.51. The first-order valence-corrected chi connectivity index (χ1v) is 19.4. The standard InChI is InChI=1S/C41H55N3O9/c1-3-5-9-21-40(22-10-6-4-2)51-34-32-26-41(39(49)43-23-20-33(47)42-24-25-45)36(38(48)50-32)44(53-37(41)35(34)52-40)27-29-18-16-28(17-19-29)12-11-14-30-13-7-8-15-31(30)46/h7-8,11-13,15-19,32,34-37,45-46H,3-6,9-10,14,20-27H2,1-2H3,(H,42,47)(H,43,49)/t32-,34+,35+,36-,37-,41-/m1/s1. The van der Waals surface area contributed by atoms with Gasteiger partial charge in [-0.25, -0.2) is 0 Å². The van der Waals surface area contributed by atoms with Crippen molar-refractivity contribution in [3.63, 3.8) is 0 Å². The van der Waals surface area contributed by atoms with Crippen LogP contribution < -0.4 is 10.6 Å². The van der Waals surface area contributed by atoms with Crippen molar-refractivity contribution in [3.8, 4) is 5.75 Å². The topological polar surface area (TPSA) is 156 Å². The molecule has 0 spiro atoms. The van der Waals surface area contributed by atoms with Crippen molar-refractivity contribution in [1.82, 2.24) is 15.7 Å². The number of esters is 1. The number of aliphatic hydroxyl groups is 1. The molecule has 6 rings (SSSR count). The number of hydrogen-bond donors (Lipinski definition) is 4. The molecule has 4 aliphatic rings. The first-order valence-electron chi connectivity index (χ1n) is 19.4. The minimum absolute atomic E-state index is 0.0204. The lowest BCUT2D eigenvalue weighted by molar-refractivity contribution is -0.224. The fraction of sp³-hybridized carbons (Fsp3) is 0.585. The van der Waals surface area contributed by atoms with E-state index in [1.165, 1.54) is 0 Å². The summed E-state index contributed by atoms with van der Waals surface area (Å²) in [5, 5.41) is 26.3. The second-order valence-corrected chi connectivity index (χ2v) is 14.8. The zero-order chi connectivity index (χ0) is 37.4. The maximum atomic E-state index is 14.5. The van der Waals surface area contributed by atoms with Gasteiger partial charge in [0.05, 0.1) is 13.2 Å². The molecule has 2 amide bonds. The van der Waals surface area contributed by atoms with Crippen LogP contribution in [0.4, 0.5) is 0 Å². The highest BCUT2D eigenvalue weighted by Crippen LogP contribution is 2.58. The highest BCUT2D eigenvalue weighted by Gasteiger charge is 2.76. The molecule has 2 aromatic rings. The number of hydroxylamine groups is 2. The van der Waals surface area contributed by atoms with Crippen molar-refractivity contribution in [2.24, 2.45) is 5.41 Å². The Balaban J connectivity index is 1.24. The van der Waals surface area contributed by atoms with Crippen LogP contribution >= 0.6 is 0 Å². The molecule has 2 aromatic carbocycles. The molecule has 0 radical (unpaired) electrons. The zero-order valence-electron chi connectivity index (χ0n) is 31.0. The number of carbonyl (C=O) groups excluding carboxylic acids is 3. The lowest BCUT2D eigenvalue weighted by Crippen LogP contribution is -2.69. The first kappa shape index (κ1) is 38.9. The summed E-state index contributed by atoms with van der Waals surface area (Å²) in [7, 11) is 0. The first-order chi connectivity index (χ1) is 25.7. The van der Waals surface area contributed by atoms with E-state index in [1.54, 1.807) is 17.2 Å². The van der Waals surface area contributed by atoms with Gasteiger partial charge in [-0.15, -0.1) is 0 Å². The number of aliphatic hydroxyl groups excluding tert-OH is 1. The summed E-state index contributed by atoms with van der Waals surface area (Å²) in [5.41, 5.74) is 1.36. The van der Waals surface area contributed by atoms with Gasteiger partial charge >= 0.3 is 5.97 Å². The highest BCUT2D eigenvalue weighted by molar-refractivity contribution is 5.94. The number of hydrogen-bond acceptors (Lipinski definition) is 10. The summed E-state index contributed by atoms with van der Waals surface area (Å²) in [5.74, 6) is -1.81. The van der Waals surface area contributed by atoms with Crippen LogP contribution in [0, 0.1) is 5.41 Å². The molecule has 1 saturated carbocycles. The van der Waals surface area contributed by atoms with E-state index in [1.807, 2.05) is 48.6 Å². The Kier molecular flexibility index (Phi) is 12.9. The highest BCUT2D eigenvalue weighted by atomic mass is 16.8. The number of aromatic hydroxyl groups is 1. The van der Waals surface area contributed by atoms with Gasteiger partial charge in [0.1, 0.15) is 35.6 Å². The number of nitrogens with zero attached hydrogens (tertiary/aromatic N) is 1. The van der Waals surface area contributed by atoms with Gasteiger partial charge in [-0.3, -0.25) is 19.2 Å². The monoisotopic (exact) mass is 733 g/mol. The van der Waals surface area contributed by atoms with Gasteiger partial charge in [0.2, 0.25) is 11.8 Å². The predicted molar refractivity (Wildman–Crippen MR) is 197 cm³/mol. The van der Waals surface area contributed by atoms with Gasteiger partial charge in [-0.2, -0.15) is 5.06 Å². The second-order valence-electron chi connectivity index (χ2n) is 14.8. The van der Waals surface area contributed by atoms with Crippen molar-refractivity contribution in [1.29, 1.82) is 0 Å². The van der Waals surface area contributed by atoms with Crippen LogP contribution in [0.1, 0.15) is 94.7 Å². The molecule has 3 heterocycles. The third-order valence-corrected chi connectivity index (χ3v) is 11.0. The number of para-hydroxylation sites is 1. The van der Waals surface area contributed by atoms with Gasteiger partial charge in [0, 0.05) is 38.8 Å². The molecule has 3 saturated heterocycles. The van der Waals surface area contributed by atoms with E-state index in [-0.39, 0.29) is 56.6 Å². The Morgan fingerprint density at radius 2 is 1.66 bits per heavy atom. The van der Waals surface area contributed by atoms with Crippen LogP contribution in [0.3, 0.4) is 0 Å². The lowest BCUT2D eigenvalue weighted by Gasteiger charge is -2.48. The molecule has 3 aliphatic heterocycles.